The van der Waals surface area contributed by atoms with Crippen LogP contribution in [0.5, 0.6) is 0 Å². The van der Waals surface area contributed by atoms with Gasteiger partial charge in [0.2, 0.25) is 0 Å². The van der Waals surface area contributed by atoms with E-state index in [0.717, 1.165) is 34.5 Å². The Bertz CT molecular complexity index is 727. The summed E-state index contributed by atoms with van der Waals surface area (Å²) in [6.45, 7) is 1.96. The molecule has 0 heterocycles. The molecule has 0 atom stereocenters. The third kappa shape index (κ3) is 2.77. The molecule has 0 spiro atoms. The first kappa shape index (κ1) is 14.1. The van der Waals surface area contributed by atoms with Gasteiger partial charge in [0.1, 0.15) is 6.29 Å². The van der Waals surface area contributed by atoms with Crippen LogP contribution in [0.1, 0.15) is 15.9 Å². The molecule has 108 valence electrons. The van der Waals surface area contributed by atoms with Crippen LogP contribution in [-0.2, 0) is 0 Å². The Morgan fingerprint density at radius 3 is 1.73 bits per heavy atom. The fraction of sp³-hybridized carbons (Fsp3) is 0.0500. The van der Waals surface area contributed by atoms with Gasteiger partial charge in [0.15, 0.2) is 0 Å². The molecule has 0 fully saturated rings. The minimum absolute atomic E-state index is 0.727. The summed E-state index contributed by atoms with van der Waals surface area (Å²) in [5, 5.41) is 0. The molecule has 0 saturated heterocycles. The van der Waals surface area contributed by atoms with Crippen molar-refractivity contribution in [3.8, 4) is 0 Å². The Morgan fingerprint density at radius 2 is 1.27 bits per heavy atom. The Balaban J connectivity index is 2.14. The lowest BCUT2D eigenvalue weighted by Crippen LogP contribution is -2.10. The Kier molecular flexibility index (Phi) is 4.01. The van der Waals surface area contributed by atoms with Gasteiger partial charge in [-0.25, -0.2) is 0 Å². The van der Waals surface area contributed by atoms with E-state index in [0.29, 0.717) is 0 Å². The normalized spacial score (nSPS) is 10.2. The van der Waals surface area contributed by atoms with Crippen molar-refractivity contribution in [2.24, 2.45) is 0 Å². The first-order valence-corrected chi connectivity index (χ1v) is 7.25. The van der Waals surface area contributed by atoms with Gasteiger partial charge in [-0.3, -0.25) is 4.79 Å². The minimum Gasteiger partial charge on any atom is -0.310 e. The van der Waals surface area contributed by atoms with Gasteiger partial charge in [0.05, 0.1) is 0 Å². The van der Waals surface area contributed by atoms with Crippen LogP contribution in [0.2, 0.25) is 0 Å². The maximum atomic E-state index is 11.0. The molecule has 0 aliphatic carbocycles. The summed E-state index contributed by atoms with van der Waals surface area (Å²) in [7, 11) is 0. The second-order valence-corrected chi connectivity index (χ2v) is 5.17. The standard InChI is InChI=1S/C20H17NO/c1-16-14-20(13-12-17(16)15-22)21(18-8-4-2-5-9-18)19-10-6-3-7-11-19/h2-15H,1H3. The molecule has 3 aromatic carbocycles. The molecule has 2 heteroatoms. The van der Waals surface area contributed by atoms with Crippen LogP contribution >= 0.6 is 0 Å². The predicted molar refractivity (Wildman–Crippen MR) is 91.2 cm³/mol. The highest BCUT2D eigenvalue weighted by Gasteiger charge is 2.12. The molecule has 3 rings (SSSR count). The first-order chi connectivity index (χ1) is 10.8. The smallest absolute Gasteiger partial charge is 0.150 e. The fourth-order valence-electron chi connectivity index (χ4n) is 2.53. The highest BCUT2D eigenvalue weighted by Crippen LogP contribution is 2.34. The van der Waals surface area contributed by atoms with Crippen molar-refractivity contribution < 1.29 is 4.79 Å². The Hall–Kier alpha value is -2.87. The van der Waals surface area contributed by atoms with E-state index in [1.54, 1.807) is 0 Å². The van der Waals surface area contributed by atoms with Gasteiger partial charge in [-0.15, -0.1) is 0 Å². The number of rotatable bonds is 4. The number of nitrogens with zero attached hydrogens (tertiary/aromatic N) is 1. The molecule has 0 radical (unpaired) electrons. The van der Waals surface area contributed by atoms with Crippen LogP contribution < -0.4 is 4.90 Å². The van der Waals surface area contributed by atoms with Crippen LogP contribution in [0.25, 0.3) is 0 Å². The van der Waals surface area contributed by atoms with E-state index >= 15 is 0 Å². The van der Waals surface area contributed by atoms with Crippen LogP contribution in [0.4, 0.5) is 17.1 Å². The van der Waals surface area contributed by atoms with Gasteiger partial charge in [-0.2, -0.15) is 0 Å². The number of hydrogen-bond donors (Lipinski definition) is 0. The van der Waals surface area contributed by atoms with Gasteiger partial charge in [-0.05, 0) is 55.0 Å². The highest BCUT2D eigenvalue weighted by molar-refractivity contribution is 5.82. The van der Waals surface area contributed by atoms with Gasteiger partial charge < -0.3 is 4.90 Å². The molecule has 0 aromatic heterocycles. The number of aryl methyl sites for hydroxylation is 1. The van der Waals surface area contributed by atoms with Crippen LogP contribution in [0, 0.1) is 6.92 Å². The van der Waals surface area contributed by atoms with Crippen molar-refractivity contribution in [3.05, 3.63) is 90.0 Å². The average Bonchev–Trinajstić information content (AvgIpc) is 2.57. The Morgan fingerprint density at radius 1 is 0.727 bits per heavy atom. The summed E-state index contributed by atoms with van der Waals surface area (Å²) in [4.78, 5) is 13.2. The predicted octanol–water partition coefficient (Wildman–Crippen LogP) is 5.28. The van der Waals surface area contributed by atoms with Gasteiger partial charge >= 0.3 is 0 Å². The molecule has 0 N–H and O–H groups in total. The molecule has 0 unspecified atom stereocenters. The lowest BCUT2D eigenvalue weighted by molar-refractivity contribution is 0.112. The number of aldehydes is 1. The minimum atomic E-state index is 0.727. The third-order valence-corrected chi connectivity index (χ3v) is 3.67. The van der Waals surface area contributed by atoms with E-state index in [2.05, 4.69) is 29.2 Å². The highest BCUT2D eigenvalue weighted by atomic mass is 16.1. The number of benzene rings is 3. The molecule has 0 bridgehead atoms. The summed E-state index contributed by atoms with van der Waals surface area (Å²) >= 11 is 0. The van der Waals surface area contributed by atoms with E-state index in [1.807, 2.05) is 61.5 Å². The molecule has 0 amide bonds. The van der Waals surface area contributed by atoms with Gasteiger partial charge in [0, 0.05) is 22.6 Å². The molecular weight excluding hydrogens is 270 g/mol. The zero-order chi connectivity index (χ0) is 15.4. The second-order valence-electron chi connectivity index (χ2n) is 5.17. The van der Waals surface area contributed by atoms with Crippen molar-refractivity contribution in [2.75, 3.05) is 4.90 Å². The third-order valence-electron chi connectivity index (χ3n) is 3.67. The van der Waals surface area contributed by atoms with Crippen LogP contribution in [0.3, 0.4) is 0 Å². The molecular formula is C20H17NO. The number of anilines is 3. The average molecular weight is 287 g/mol. The van der Waals surface area contributed by atoms with Crippen molar-refractivity contribution in [3.63, 3.8) is 0 Å². The molecule has 22 heavy (non-hydrogen) atoms. The lowest BCUT2D eigenvalue weighted by Gasteiger charge is -2.25. The molecule has 0 aliphatic heterocycles. The number of carbonyl (C=O) groups is 1. The monoisotopic (exact) mass is 287 g/mol. The van der Waals surface area contributed by atoms with E-state index in [1.165, 1.54) is 0 Å². The van der Waals surface area contributed by atoms with Crippen LogP contribution in [0.15, 0.2) is 78.9 Å². The lowest BCUT2D eigenvalue weighted by atomic mass is 10.1. The first-order valence-electron chi connectivity index (χ1n) is 7.25. The second kappa shape index (κ2) is 6.27. The van der Waals surface area contributed by atoms with E-state index in [9.17, 15) is 4.79 Å². The topological polar surface area (TPSA) is 20.3 Å². The van der Waals surface area contributed by atoms with Crippen molar-refractivity contribution >= 4 is 23.3 Å². The Labute approximate surface area is 130 Å². The summed E-state index contributed by atoms with van der Waals surface area (Å²) in [6.07, 6.45) is 0.897. The molecule has 2 nitrogen and oxygen atoms in total. The number of hydrogen-bond acceptors (Lipinski definition) is 2. The summed E-state index contributed by atoms with van der Waals surface area (Å²) in [6, 6.07) is 26.3. The fourth-order valence-corrected chi connectivity index (χ4v) is 2.53. The maximum absolute atomic E-state index is 11.0. The molecule has 0 saturated carbocycles. The van der Waals surface area contributed by atoms with E-state index in [-0.39, 0.29) is 0 Å². The van der Waals surface area contributed by atoms with Gasteiger partial charge in [-0.1, -0.05) is 36.4 Å². The SMILES string of the molecule is Cc1cc(N(c2ccccc2)c2ccccc2)ccc1C=O. The van der Waals surface area contributed by atoms with Crippen molar-refractivity contribution in [1.82, 2.24) is 0 Å². The van der Waals surface area contributed by atoms with E-state index < -0.39 is 0 Å². The number of carbonyl (C=O) groups excluding carboxylic acids is 1. The maximum Gasteiger partial charge on any atom is 0.150 e. The largest absolute Gasteiger partial charge is 0.310 e. The van der Waals surface area contributed by atoms with Gasteiger partial charge in [0.25, 0.3) is 0 Å². The molecule has 3 aromatic rings. The number of para-hydroxylation sites is 2. The van der Waals surface area contributed by atoms with Crippen molar-refractivity contribution in [1.29, 1.82) is 0 Å². The summed E-state index contributed by atoms with van der Waals surface area (Å²) < 4.78 is 0. The van der Waals surface area contributed by atoms with Crippen molar-refractivity contribution in [2.45, 2.75) is 6.92 Å². The zero-order valence-electron chi connectivity index (χ0n) is 12.4. The van der Waals surface area contributed by atoms with E-state index in [4.69, 9.17) is 0 Å². The molecule has 0 aliphatic rings. The quantitative estimate of drug-likeness (QED) is 0.609. The summed E-state index contributed by atoms with van der Waals surface area (Å²) in [5.41, 5.74) is 4.92. The summed E-state index contributed by atoms with van der Waals surface area (Å²) in [5.74, 6) is 0. The van der Waals surface area contributed by atoms with Crippen LogP contribution in [-0.4, -0.2) is 6.29 Å². The zero-order valence-corrected chi connectivity index (χ0v) is 12.4.